The third-order valence-corrected chi connectivity index (χ3v) is 3.03. The van der Waals surface area contributed by atoms with Crippen LogP contribution in [0.4, 0.5) is 18.9 Å². The standard InChI is InChI=1S/C13H15F3N2O2/c14-10-7-9(8-17-13(19)12(15)16)1-2-11(10)18-3-5-20-6-4-18/h1-2,7,12H,3-6,8H2,(H,17,19). The molecule has 0 radical (unpaired) electrons. The Kier molecular flexibility index (Phi) is 4.84. The van der Waals surface area contributed by atoms with Crippen LogP contribution in [0.1, 0.15) is 5.56 Å². The molecule has 0 unspecified atom stereocenters. The number of hydrogen-bond acceptors (Lipinski definition) is 3. The lowest BCUT2D eigenvalue weighted by Gasteiger charge is -2.29. The maximum Gasteiger partial charge on any atom is 0.315 e. The third kappa shape index (κ3) is 3.63. The van der Waals surface area contributed by atoms with Crippen LogP contribution >= 0.6 is 0 Å². The average Bonchev–Trinajstić information content (AvgIpc) is 2.45. The molecule has 1 fully saturated rings. The van der Waals surface area contributed by atoms with E-state index in [9.17, 15) is 18.0 Å². The summed E-state index contributed by atoms with van der Waals surface area (Å²) >= 11 is 0. The Hall–Kier alpha value is -1.76. The van der Waals surface area contributed by atoms with Crippen molar-refractivity contribution in [2.45, 2.75) is 13.0 Å². The Morgan fingerprint density at radius 3 is 2.65 bits per heavy atom. The van der Waals surface area contributed by atoms with Crippen molar-refractivity contribution in [3.8, 4) is 0 Å². The summed E-state index contributed by atoms with van der Waals surface area (Å²) in [6.07, 6.45) is -3.06. The van der Waals surface area contributed by atoms with Crippen LogP contribution in [0.15, 0.2) is 18.2 Å². The summed E-state index contributed by atoms with van der Waals surface area (Å²) in [4.78, 5) is 12.6. The minimum absolute atomic E-state index is 0.122. The maximum absolute atomic E-state index is 14.0. The topological polar surface area (TPSA) is 41.6 Å². The van der Waals surface area contributed by atoms with E-state index in [2.05, 4.69) is 0 Å². The van der Waals surface area contributed by atoms with Crippen molar-refractivity contribution in [2.75, 3.05) is 31.2 Å². The number of carbonyl (C=O) groups excluding carboxylic acids is 1. The highest BCUT2D eigenvalue weighted by atomic mass is 19.3. The van der Waals surface area contributed by atoms with Crippen molar-refractivity contribution >= 4 is 11.6 Å². The van der Waals surface area contributed by atoms with Gasteiger partial charge in [-0.1, -0.05) is 6.07 Å². The fourth-order valence-corrected chi connectivity index (χ4v) is 1.99. The molecule has 0 saturated carbocycles. The molecule has 1 N–H and O–H groups in total. The molecule has 1 amide bonds. The zero-order chi connectivity index (χ0) is 14.5. The van der Waals surface area contributed by atoms with Crippen LogP contribution in [-0.4, -0.2) is 38.6 Å². The molecular weight excluding hydrogens is 273 g/mol. The van der Waals surface area contributed by atoms with Gasteiger partial charge in [0.2, 0.25) is 0 Å². The van der Waals surface area contributed by atoms with Crippen LogP contribution in [-0.2, 0) is 16.1 Å². The van der Waals surface area contributed by atoms with Gasteiger partial charge in [-0.3, -0.25) is 4.79 Å². The van der Waals surface area contributed by atoms with Gasteiger partial charge >= 0.3 is 6.43 Å². The molecule has 0 aliphatic carbocycles. The van der Waals surface area contributed by atoms with E-state index in [-0.39, 0.29) is 6.54 Å². The number of amides is 1. The molecule has 0 atom stereocenters. The number of anilines is 1. The molecular formula is C13H15F3N2O2. The molecule has 2 rings (SSSR count). The lowest BCUT2D eigenvalue weighted by molar-refractivity contribution is -0.131. The van der Waals surface area contributed by atoms with E-state index in [4.69, 9.17) is 4.74 Å². The van der Waals surface area contributed by atoms with Gasteiger partial charge in [0, 0.05) is 19.6 Å². The second-order valence-corrected chi connectivity index (χ2v) is 4.40. The van der Waals surface area contributed by atoms with Crippen LogP contribution in [0.3, 0.4) is 0 Å². The molecule has 110 valence electrons. The summed E-state index contributed by atoms with van der Waals surface area (Å²) < 4.78 is 43.2. The Morgan fingerprint density at radius 1 is 1.35 bits per heavy atom. The first kappa shape index (κ1) is 14.6. The quantitative estimate of drug-likeness (QED) is 0.914. The Balaban J connectivity index is 2.00. The minimum atomic E-state index is -3.06. The van der Waals surface area contributed by atoms with Crippen LogP contribution < -0.4 is 10.2 Å². The molecule has 0 bridgehead atoms. The van der Waals surface area contributed by atoms with Crippen molar-refractivity contribution < 1.29 is 22.7 Å². The highest BCUT2D eigenvalue weighted by molar-refractivity contribution is 5.79. The predicted molar refractivity (Wildman–Crippen MR) is 67.3 cm³/mol. The number of hydrogen-bond donors (Lipinski definition) is 1. The first-order valence-electron chi connectivity index (χ1n) is 6.25. The van der Waals surface area contributed by atoms with Crippen molar-refractivity contribution in [1.29, 1.82) is 0 Å². The van der Waals surface area contributed by atoms with Gasteiger partial charge in [0.1, 0.15) is 5.82 Å². The SMILES string of the molecule is O=C(NCc1ccc(N2CCOCC2)c(F)c1)C(F)F. The van der Waals surface area contributed by atoms with Gasteiger partial charge in [-0.05, 0) is 17.7 Å². The fraction of sp³-hybridized carbons (Fsp3) is 0.462. The number of halogens is 3. The van der Waals surface area contributed by atoms with Gasteiger partial charge in [-0.25, -0.2) is 4.39 Å². The monoisotopic (exact) mass is 288 g/mol. The summed E-state index contributed by atoms with van der Waals surface area (Å²) in [6, 6.07) is 4.45. The smallest absolute Gasteiger partial charge is 0.315 e. The molecule has 1 saturated heterocycles. The molecule has 1 heterocycles. The Labute approximate surface area is 114 Å². The van der Waals surface area contributed by atoms with E-state index in [0.717, 1.165) is 0 Å². The molecule has 0 spiro atoms. The second-order valence-electron chi connectivity index (χ2n) is 4.40. The van der Waals surface area contributed by atoms with Crippen molar-refractivity contribution in [1.82, 2.24) is 5.32 Å². The highest BCUT2D eigenvalue weighted by Gasteiger charge is 2.17. The summed E-state index contributed by atoms with van der Waals surface area (Å²) in [5.74, 6) is -1.79. The summed E-state index contributed by atoms with van der Waals surface area (Å²) in [5.41, 5.74) is 0.894. The van der Waals surface area contributed by atoms with Gasteiger partial charge in [-0.2, -0.15) is 8.78 Å². The number of benzene rings is 1. The third-order valence-electron chi connectivity index (χ3n) is 3.03. The summed E-state index contributed by atoms with van der Waals surface area (Å²) in [7, 11) is 0. The van der Waals surface area contributed by atoms with Gasteiger partial charge < -0.3 is 15.0 Å². The van der Waals surface area contributed by atoms with E-state index in [0.29, 0.717) is 37.6 Å². The first-order valence-corrected chi connectivity index (χ1v) is 6.25. The molecule has 20 heavy (non-hydrogen) atoms. The van der Waals surface area contributed by atoms with Crippen LogP contribution in [0.2, 0.25) is 0 Å². The lowest BCUT2D eigenvalue weighted by Crippen LogP contribution is -2.36. The van der Waals surface area contributed by atoms with Crippen LogP contribution in [0.25, 0.3) is 0 Å². The molecule has 1 aliphatic rings. The van der Waals surface area contributed by atoms with Gasteiger partial charge in [0.05, 0.1) is 18.9 Å². The van der Waals surface area contributed by atoms with E-state index in [1.54, 1.807) is 12.1 Å². The number of nitrogens with zero attached hydrogens (tertiary/aromatic N) is 1. The molecule has 1 aliphatic heterocycles. The van der Waals surface area contributed by atoms with Crippen molar-refractivity contribution in [3.05, 3.63) is 29.6 Å². The minimum Gasteiger partial charge on any atom is -0.378 e. The molecule has 1 aromatic carbocycles. The van der Waals surface area contributed by atoms with E-state index in [1.807, 2.05) is 10.2 Å². The number of rotatable bonds is 4. The largest absolute Gasteiger partial charge is 0.378 e. The van der Waals surface area contributed by atoms with Crippen LogP contribution in [0, 0.1) is 5.82 Å². The lowest BCUT2D eigenvalue weighted by atomic mass is 10.1. The number of carbonyl (C=O) groups is 1. The fourth-order valence-electron chi connectivity index (χ4n) is 1.99. The Bertz CT molecular complexity index is 477. The van der Waals surface area contributed by atoms with E-state index < -0.39 is 18.1 Å². The maximum atomic E-state index is 14.0. The highest BCUT2D eigenvalue weighted by Crippen LogP contribution is 2.21. The normalized spacial score (nSPS) is 15.5. The Morgan fingerprint density at radius 2 is 2.05 bits per heavy atom. The number of nitrogens with one attached hydrogen (secondary N) is 1. The molecule has 7 heteroatoms. The zero-order valence-corrected chi connectivity index (χ0v) is 10.7. The number of ether oxygens (including phenoxy) is 1. The number of morpholine rings is 1. The van der Waals surface area contributed by atoms with Gasteiger partial charge in [0.25, 0.3) is 5.91 Å². The van der Waals surface area contributed by atoms with Gasteiger partial charge in [0.15, 0.2) is 0 Å². The van der Waals surface area contributed by atoms with Gasteiger partial charge in [-0.15, -0.1) is 0 Å². The second kappa shape index (κ2) is 6.60. The predicted octanol–water partition coefficient (Wildman–Crippen LogP) is 1.54. The average molecular weight is 288 g/mol. The van der Waals surface area contributed by atoms with Crippen molar-refractivity contribution in [3.63, 3.8) is 0 Å². The van der Waals surface area contributed by atoms with Crippen LogP contribution in [0.5, 0.6) is 0 Å². The van der Waals surface area contributed by atoms with Crippen molar-refractivity contribution in [2.24, 2.45) is 0 Å². The van der Waals surface area contributed by atoms with E-state index in [1.165, 1.54) is 6.07 Å². The molecule has 1 aromatic rings. The summed E-state index contributed by atoms with van der Waals surface area (Å²) in [6.45, 7) is 2.19. The summed E-state index contributed by atoms with van der Waals surface area (Å²) in [5, 5.41) is 2.04. The number of alkyl halides is 2. The molecule has 0 aromatic heterocycles. The molecule has 4 nitrogen and oxygen atoms in total. The van der Waals surface area contributed by atoms with E-state index >= 15 is 0 Å². The first-order chi connectivity index (χ1) is 9.58. The zero-order valence-electron chi connectivity index (χ0n) is 10.7.